The second kappa shape index (κ2) is 12.3. The average Bonchev–Trinajstić information content (AvgIpc) is 2.87. The zero-order valence-electron chi connectivity index (χ0n) is 19.5. The summed E-state index contributed by atoms with van der Waals surface area (Å²) in [5.74, 6) is 0.239. The molecule has 2 amide bonds. The van der Waals surface area contributed by atoms with Crippen LogP contribution >= 0.6 is 0 Å². The molecule has 0 saturated carbocycles. The van der Waals surface area contributed by atoms with E-state index in [4.69, 9.17) is 4.74 Å². The van der Waals surface area contributed by atoms with Gasteiger partial charge in [0.2, 0.25) is 5.91 Å². The third-order valence-electron chi connectivity index (χ3n) is 5.29. The van der Waals surface area contributed by atoms with Crippen LogP contribution in [-0.2, 0) is 4.79 Å². The number of anilines is 1. The summed E-state index contributed by atoms with van der Waals surface area (Å²) >= 11 is 0. The van der Waals surface area contributed by atoms with Gasteiger partial charge in [0, 0.05) is 29.7 Å². The number of carbonyl (C=O) groups is 3. The van der Waals surface area contributed by atoms with Gasteiger partial charge in [-0.3, -0.25) is 14.4 Å². The van der Waals surface area contributed by atoms with Gasteiger partial charge in [-0.1, -0.05) is 37.3 Å². The van der Waals surface area contributed by atoms with Gasteiger partial charge in [-0.05, 0) is 67.4 Å². The minimum Gasteiger partial charge on any atom is -0.494 e. The van der Waals surface area contributed by atoms with Gasteiger partial charge < -0.3 is 15.4 Å². The van der Waals surface area contributed by atoms with Crippen molar-refractivity contribution in [3.63, 3.8) is 0 Å². The first-order valence-electron chi connectivity index (χ1n) is 11.5. The topological polar surface area (TPSA) is 84.5 Å². The van der Waals surface area contributed by atoms with E-state index in [0.717, 1.165) is 17.7 Å². The van der Waals surface area contributed by atoms with E-state index in [0.29, 0.717) is 23.4 Å². The highest BCUT2D eigenvalue weighted by molar-refractivity contribution is 6.04. The van der Waals surface area contributed by atoms with Crippen molar-refractivity contribution in [2.75, 3.05) is 11.9 Å². The number of ketones is 1. The lowest BCUT2D eigenvalue weighted by Gasteiger charge is -2.16. The summed E-state index contributed by atoms with van der Waals surface area (Å²) in [6.07, 6.45) is 1.14. The molecule has 0 heterocycles. The van der Waals surface area contributed by atoms with E-state index >= 15 is 0 Å². The summed E-state index contributed by atoms with van der Waals surface area (Å²) in [6, 6.07) is 23.0. The normalized spacial score (nSPS) is 11.4. The molecular weight excluding hydrogens is 428 g/mol. The number of rotatable bonds is 11. The van der Waals surface area contributed by atoms with E-state index in [9.17, 15) is 14.4 Å². The van der Waals surface area contributed by atoms with Gasteiger partial charge in [-0.25, -0.2) is 0 Å². The highest BCUT2D eigenvalue weighted by Gasteiger charge is 2.14. The van der Waals surface area contributed by atoms with Crippen molar-refractivity contribution in [2.45, 2.75) is 39.2 Å². The lowest BCUT2D eigenvalue weighted by molar-refractivity contribution is -0.121. The third-order valence-corrected chi connectivity index (χ3v) is 5.29. The molecule has 0 aliphatic rings. The lowest BCUT2D eigenvalue weighted by atomic mass is 10.0. The van der Waals surface area contributed by atoms with E-state index in [1.807, 2.05) is 50.2 Å². The standard InChI is InChI=1S/C28H30N2O4/c1-3-18-34-25-14-12-21(13-15-25)26(31)16-17-27(32)29-20(2)23-10-7-11-24(19-23)30-28(33)22-8-5-4-6-9-22/h4-15,19-20H,3,16-18H2,1-2H3,(H,29,32)(H,30,33). The van der Waals surface area contributed by atoms with Gasteiger partial charge in [-0.2, -0.15) is 0 Å². The molecule has 1 unspecified atom stereocenters. The molecule has 0 saturated heterocycles. The number of hydrogen-bond donors (Lipinski definition) is 2. The molecule has 6 nitrogen and oxygen atoms in total. The molecule has 0 spiro atoms. The Balaban J connectivity index is 1.50. The maximum Gasteiger partial charge on any atom is 0.255 e. The average molecular weight is 459 g/mol. The van der Waals surface area contributed by atoms with Crippen molar-refractivity contribution in [3.05, 3.63) is 95.6 Å². The molecular formula is C28H30N2O4. The molecule has 3 aromatic rings. The number of carbonyl (C=O) groups excluding carboxylic acids is 3. The Kier molecular flexibility index (Phi) is 8.97. The van der Waals surface area contributed by atoms with Crippen LogP contribution in [0, 0.1) is 0 Å². The molecule has 2 N–H and O–H groups in total. The first-order chi connectivity index (χ1) is 16.5. The molecule has 0 aliphatic carbocycles. The molecule has 0 aromatic heterocycles. The Labute approximate surface area is 200 Å². The molecule has 1 atom stereocenters. The van der Waals surface area contributed by atoms with Crippen molar-refractivity contribution in [1.82, 2.24) is 5.32 Å². The van der Waals surface area contributed by atoms with E-state index in [-0.39, 0.29) is 36.5 Å². The molecule has 0 aliphatic heterocycles. The van der Waals surface area contributed by atoms with Gasteiger partial charge >= 0.3 is 0 Å². The monoisotopic (exact) mass is 458 g/mol. The van der Waals surface area contributed by atoms with Crippen molar-refractivity contribution in [1.29, 1.82) is 0 Å². The Bertz CT molecular complexity index is 1110. The van der Waals surface area contributed by atoms with Crippen LogP contribution in [0.25, 0.3) is 0 Å². The lowest BCUT2D eigenvalue weighted by Crippen LogP contribution is -2.27. The van der Waals surface area contributed by atoms with E-state index < -0.39 is 0 Å². The summed E-state index contributed by atoms with van der Waals surface area (Å²) in [4.78, 5) is 37.2. The summed E-state index contributed by atoms with van der Waals surface area (Å²) in [6.45, 7) is 4.53. The largest absolute Gasteiger partial charge is 0.494 e. The number of nitrogens with one attached hydrogen (secondary N) is 2. The smallest absolute Gasteiger partial charge is 0.255 e. The fourth-order valence-corrected chi connectivity index (χ4v) is 3.40. The number of benzene rings is 3. The Morgan fingerprint density at radius 1 is 0.853 bits per heavy atom. The predicted molar refractivity (Wildman–Crippen MR) is 133 cm³/mol. The van der Waals surface area contributed by atoms with Crippen LogP contribution in [0.2, 0.25) is 0 Å². The first kappa shape index (κ1) is 24.7. The van der Waals surface area contributed by atoms with Crippen molar-refractivity contribution in [3.8, 4) is 5.75 Å². The van der Waals surface area contributed by atoms with E-state index in [1.165, 1.54) is 0 Å². The number of Topliss-reactive ketones (excluding diaryl/α,β-unsaturated/α-hetero) is 1. The second-order valence-corrected chi connectivity index (χ2v) is 8.03. The molecule has 0 radical (unpaired) electrons. The van der Waals surface area contributed by atoms with Crippen molar-refractivity contribution in [2.24, 2.45) is 0 Å². The molecule has 3 rings (SSSR count). The van der Waals surface area contributed by atoms with Crippen molar-refractivity contribution >= 4 is 23.3 Å². The second-order valence-electron chi connectivity index (χ2n) is 8.03. The Morgan fingerprint density at radius 3 is 2.29 bits per heavy atom. The third kappa shape index (κ3) is 7.30. The maximum absolute atomic E-state index is 12.4. The van der Waals surface area contributed by atoms with Crippen LogP contribution in [0.4, 0.5) is 5.69 Å². The molecule has 3 aromatic carbocycles. The summed E-state index contributed by atoms with van der Waals surface area (Å²) in [5.41, 5.74) is 2.64. The fraction of sp³-hybridized carbons (Fsp3) is 0.250. The van der Waals surface area contributed by atoms with Crippen LogP contribution < -0.4 is 15.4 Å². The minimum absolute atomic E-state index is 0.0875. The number of amides is 2. The predicted octanol–water partition coefficient (Wildman–Crippen LogP) is 5.57. The Morgan fingerprint density at radius 2 is 1.59 bits per heavy atom. The number of ether oxygens (including phenoxy) is 1. The van der Waals surface area contributed by atoms with Gasteiger partial charge in [0.25, 0.3) is 5.91 Å². The van der Waals surface area contributed by atoms with Crippen LogP contribution in [0.1, 0.15) is 65.4 Å². The SMILES string of the molecule is CCCOc1ccc(C(=O)CCC(=O)NC(C)c2cccc(NC(=O)c3ccccc3)c2)cc1. The highest BCUT2D eigenvalue weighted by Crippen LogP contribution is 2.19. The minimum atomic E-state index is -0.272. The zero-order valence-corrected chi connectivity index (χ0v) is 19.5. The van der Waals surface area contributed by atoms with Crippen LogP contribution in [0.3, 0.4) is 0 Å². The van der Waals surface area contributed by atoms with E-state index in [1.54, 1.807) is 42.5 Å². The van der Waals surface area contributed by atoms with Crippen molar-refractivity contribution < 1.29 is 19.1 Å². The van der Waals surface area contributed by atoms with Crippen LogP contribution in [0.5, 0.6) is 5.75 Å². The van der Waals surface area contributed by atoms with Gasteiger partial charge in [0.1, 0.15) is 5.75 Å². The molecule has 6 heteroatoms. The van der Waals surface area contributed by atoms with Crippen LogP contribution in [0.15, 0.2) is 78.9 Å². The van der Waals surface area contributed by atoms with Crippen LogP contribution in [-0.4, -0.2) is 24.2 Å². The Hall–Kier alpha value is -3.93. The maximum atomic E-state index is 12.4. The van der Waals surface area contributed by atoms with Gasteiger partial charge in [-0.15, -0.1) is 0 Å². The molecule has 176 valence electrons. The molecule has 0 fully saturated rings. The van der Waals surface area contributed by atoms with E-state index in [2.05, 4.69) is 10.6 Å². The summed E-state index contributed by atoms with van der Waals surface area (Å²) in [5, 5.41) is 5.80. The number of hydrogen-bond acceptors (Lipinski definition) is 4. The fourth-order valence-electron chi connectivity index (χ4n) is 3.40. The van der Waals surface area contributed by atoms with Gasteiger partial charge in [0.15, 0.2) is 5.78 Å². The van der Waals surface area contributed by atoms with Gasteiger partial charge in [0.05, 0.1) is 12.6 Å². The highest BCUT2D eigenvalue weighted by atomic mass is 16.5. The summed E-state index contributed by atoms with van der Waals surface area (Å²) < 4.78 is 5.53. The first-order valence-corrected chi connectivity index (χ1v) is 11.5. The molecule has 0 bridgehead atoms. The quantitative estimate of drug-likeness (QED) is 0.368. The summed E-state index contributed by atoms with van der Waals surface area (Å²) in [7, 11) is 0. The zero-order chi connectivity index (χ0) is 24.3. The molecule has 34 heavy (non-hydrogen) atoms.